The van der Waals surface area contributed by atoms with E-state index in [0.717, 1.165) is 12.6 Å². The highest BCUT2D eigenvalue weighted by Crippen LogP contribution is 2.32. The zero-order chi connectivity index (χ0) is 22.6. The molecule has 3 rings (SSSR count). The zero-order valence-electron chi connectivity index (χ0n) is 17.6. The molecule has 0 aliphatic rings. The first-order chi connectivity index (χ1) is 14.7. The van der Waals surface area contributed by atoms with Crippen LogP contribution in [0.2, 0.25) is 0 Å². The maximum Gasteiger partial charge on any atom is 0.303 e. The number of carbonyl (C=O) groups is 1. The summed E-state index contributed by atoms with van der Waals surface area (Å²) >= 11 is 0. The van der Waals surface area contributed by atoms with Crippen molar-refractivity contribution in [2.45, 2.75) is 33.2 Å². The van der Waals surface area contributed by atoms with E-state index in [1.54, 1.807) is 49.3 Å². The van der Waals surface area contributed by atoms with E-state index in [-0.39, 0.29) is 11.7 Å². The molecule has 0 unspecified atom stereocenters. The third-order valence-corrected chi connectivity index (χ3v) is 4.22. The number of alkyl halides is 2. The number of aryl methyl sites for hydroxylation is 1. The summed E-state index contributed by atoms with van der Waals surface area (Å²) in [7, 11) is 1.60. The Morgan fingerprint density at radius 1 is 1.26 bits per heavy atom. The van der Waals surface area contributed by atoms with Gasteiger partial charge in [-0.1, -0.05) is 0 Å². The standard InChI is InChI=1S/C20H23F2N7O2/c1-12-9-18(28-19(25-12)20(3,21)22)27-15-10-17(26-13(2)30)23-11-14(15)16-5-6-24-29(16)7-8-31-4/h5-6,9-11H,7-8H2,1-4H3,(H2,23,25,26,27,28,30). The lowest BCUT2D eigenvalue weighted by Crippen LogP contribution is -2.15. The molecule has 0 radical (unpaired) electrons. The van der Waals surface area contributed by atoms with Crippen LogP contribution in [0.1, 0.15) is 25.4 Å². The monoisotopic (exact) mass is 431 g/mol. The summed E-state index contributed by atoms with van der Waals surface area (Å²) in [5.74, 6) is -3.58. The van der Waals surface area contributed by atoms with Crippen molar-refractivity contribution in [1.29, 1.82) is 0 Å². The Morgan fingerprint density at radius 2 is 2.03 bits per heavy atom. The number of ether oxygens (including phenoxy) is 1. The van der Waals surface area contributed by atoms with E-state index in [9.17, 15) is 13.6 Å². The van der Waals surface area contributed by atoms with Gasteiger partial charge in [-0.05, 0) is 13.0 Å². The second-order valence-corrected chi connectivity index (χ2v) is 6.96. The molecule has 9 nitrogen and oxygen atoms in total. The van der Waals surface area contributed by atoms with Gasteiger partial charge in [-0.15, -0.1) is 0 Å². The highest BCUT2D eigenvalue weighted by atomic mass is 19.3. The minimum absolute atomic E-state index is 0.188. The molecule has 164 valence electrons. The lowest BCUT2D eigenvalue weighted by Gasteiger charge is -2.16. The number of nitrogens with one attached hydrogen (secondary N) is 2. The second kappa shape index (κ2) is 9.13. The average Bonchev–Trinajstić information content (AvgIpc) is 3.13. The van der Waals surface area contributed by atoms with Crippen molar-refractivity contribution in [2.24, 2.45) is 0 Å². The summed E-state index contributed by atoms with van der Waals surface area (Å²) in [6.45, 7) is 4.68. The first-order valence-corrected chi connectivity index (χ1v) is 9.47. The molecule has 2 N–H and O–H groups in total. The van der Waals surface area contributed by atoms with Crippen LogP contribution in [0.5, 0.6) is 0 Å². The number of anilines is 3. The predicted octanol–water partition coefficient (Wildman–Crippen LogP) is 3.50. The molecule has 0 bridgehead atoms. The lowest BCUT2D eigenvalue weighted by atomic mass is 10.1. The van der Waals surface area contributed by atoms with E-state index < -0.39 is 11.7 Å². The molecule has 1 amide bonds. The Morgan fingerprint density at radius 3 is 2.71 bits per heavy atom. The summed E-state index contributed by atoms with van der Waals surface area (Å²) in [4.78, 5) is 23.5. The number of halogens is 2. The van der Waals surface area contributed by atoms with E-state index >= 15 is 0 Å². The Bertz CT molecular complexity index is 1080. The van der Waals surface area contributed by atoms with E-state index in [1.165, 1.54) is 6.92 Å². The molecule has 0 saturated heterocycles. The van der Waals surface area contributed by atoms with Crippen LogP contribution in [0.15, 0.2) is 30.6 Å². The fourth-order valence-electron chi connectivity index (χ4n) is 2.90. The summed E-state index contributed by atoms with van der Waals surface area (Å²) in [6.07, 6.45) is 3.21. The highest BCUT2D eigenvalue weighted by Gasteiger charge is 2.29. The molecule has 31 heavy (non-hydrogen) atoms. The maximum absolute atomic E-state index is 13.8. The van der Waals surface area contributed by atoms with Crippen LogP contribution in [-0.2, 0) is 22.0 Å². The van der Waals surface area contributed by atoms with E-state index in [4.69, 9.17) is 4.74 Å². The topological polar surface area (TPSA) is 107 Å². The molecule has 0 atom stereocenters. The Balaban J connectivity index is 2.06. The SMILES string of the molecule is COCCn1nccc1-c1cnc(NC(C)=O)cc1Nc1cc(C)nc(C(C)(F)F)n1. The van der Waals surface area contributed by atoms with Gasteiger partial charge in [0.05, 0.1) is 24.5 Å². The molecule has 0 aliphatic carbocycles. The number of pyridine rings is 1. The van der Waals surface area contributed by atoms with Gasteiger partial charge in [-0.25, -0.2) is 15.0 Å². The molecule has 0 aliphatic heterocycles. The summed E-state index contributed by atoms with van der Waals surface area (Å²) in [5.41, 5.74) is 2.26. The first kappa shape index (κ1) is 22.2. The van der Waals surface area contributed by atoms with Gasteiger partial charge >= 0.3 is 5.92 Å². The van der Waals surface area contributed by atoms with Crippen LogP contribution in [0.25, 0.3) is 11.3 Å². The van der Waals surface area contributed by atoms with E-state index in [0.29, 0.717) is 35.9 Å². The van der Waals surface area contributed by atoms with E-state index in [1.807, 2.05) is 0 Å². The maximum atomic E-state index is 13.8. The van der Waals surface area contributed by atoms with Crippen molar-refractivity contribution in [3.05, 3.63) is 42.1 Å². The molecule has 0 aromatic carbocycles. The van der Waals surface area contributed by atoms with Crippen molar-refractivity contribution in [2.75, 3.05) is 24.4 Å². The second-order valence-electron chi connectivity index (χ2n) is 6.96. The number of amides is 1. The number of aromatic nitrogens is 5. The quantitative estimate of drug-likeness (QED) is 0.562. The first-order valence-electron chi connectivity index (χ1n) is 9.47. The van der Waals surface area contributed by atoms with Gasteiger partial charge in [0, 0.05) is 56.7 Å². The number of nitrogens with zero attached hydrogens (tertiary/aromatic N) is 5. The zero-order valence-corrected chi connectivity index (χ0v) is 17.6. The molecule has 3 aromatic rings. The van der Waals surface area contributed by atoms with Crippen LogP contribution >= 0.6 is 0 Å². The van der Waals surface area contributed by atoms with Crippen molar-refractivity contribution in [1.82, 2.24) is 24.7 Å². The summed E-state index contributed by atoms with van der Waals surface area (Å²) in [5, 5.41) is 9.97. The summed E-state index contributed by atoms with van der Waals surface area (Å²) in [6, 6.07) is 4.96. The number of hydrogen-bond acceptors (Lipinski definition) is 7. The predicted molar refractivity (Wildman–Crippen MR) is 111 cm³/mol. The van der Waals surface area contributed by atoms with Gasteiger partial charge < -0.3 is 15.4 Å². The van der Waals surface area contributed by atoms with Crippen LogP contribution in [-0.4, -0.2) is 44.4 Å². The average molecular weight is 431 g/mol. The summed E-state index contributed by atoms with van der Waals surface area (Å²) < 4.78 is 34.5. The molecule has 0 saturated carbocycles. The lowest BCUT2D eigenvalue weighted by molar-refractivity contribution is -0.114. The molecular weight excluding hydrogens is 408 g/mol. The molecule has 3 aromatic heterocycles. The molecule has 0 spiro atoms. The van der Waals surface area contributed by atoms with Crippen molar-refractivity contribution in [3.63, 3.8) is 0 Å². The molecular formula is C20H23F2N7O2. The third kappa shape index (κ3) is 5.57. The Labute approximate surface area is 177 Å². The van der Waals surface area contributed by atoms with Gasteiger partial charge in [0.2, 0.25) is 11.7 Å². The largest absolute Gasteiger partial charge is 0.383 e. The molecule has 3 heterocycles. The number of methoxy groups -OCH3 is 1. The number of hydrogen-bond donors (Lipinski definition) is 2. The van der Waals surface area contributed by atoms with Gasteiger partial charge in [0.1, 0.15) is 11.6 Å². The third-order valence-electron chi connectivity index (χ3n) is 4.22. The smallest absolute Gasteiger partial charge is 0.303 e. The van der Waals surface area contributed by atoms with Gasteiger partial charge in [-0.2, -0.15) is 13.9 Å². The minimum Gasteiger partial charge on any atom is -0.383 e. The van der Waals surface area contributed by atoms with Crippen molar-refractivity contribution < 1.29 is 18.3 Å². The minimum atomic E-state index is -3.19. The Kier molecular flexibility index (Phi) is 6.54. The van der Waals surface area contributed by atoms with Crippen LogP contribution in [0, 0.1) is 6.92 Å². The number of rotatable bonds is 8. The fraction of sp³-hybridized carbons (Fsp3) is 0.350. The van der Waals surface area contributed by atoms with E-state index in [2.05, 4.69) is 30.7 Å². The van der Waals surface area contributed by atoms with Crippen LogP contribution in [0.4, 0.5) is 26.1 Å². The normalized spacial score (nSPS) is 11.4. The fourth-order valence-corrected chi connectivity index (χ4v) is 2.90. The molecule has 0 fully saturated rings. The highest BCUT2D eigenvalue weighted by molar-refractivity contribution is 5.89. The van der Waals surface area contributed by atoms with Gasteiger partial charge in [0.25, 0.3) is 0 Å². The van der Waals surface area contributed by atoms with Crippen molar-refractivity contribution >= 4 is 23.2 Å². The van der Waals surface area contributed by atoms with Crippen molar-refractivity contribution in [3.8, 4) is 11.3 Å². The van der Waals surface area contributed by atoms with Crippen LogP contribution in [0.3, 0.4) is 0 Å². The van der Waals surface area contributed by atoms with Crippen LogP contribution < -0.4 is 10.6 Å². The molecule has 11 heteroatoms. The Hall–Kier alpha value is -3.47. The van der Waals surface area contributed by atoms with Gasteiger partial charge in [-0.3, -0.25) is 9.48 Å². The number of carbonyl (C=O) groups excluding carboxylic acids is 1. The van der Waals surface area contributed by atoms with Gasteiger partial charge in [0.15, 0.2) is 0 Å².